The summed E-state index contributed by atoms with van der Waals surface area (Å²) in [5, 5.41) is 11.7. The van der Waals surface area contributed by atoms with Crippen molar-refractivity contribution < 1.29 is 9.53 Å². The van der Waals surface area contributed by atoms with Crippen LogP contribution in [0, 0.1) is 6.92 Å². The lowest BCUT2D eigenvalue weighted by atomic mass is 9.91. The molecule has 6 nitrogen and oxygen atoms in total. The Kier molecular flexibility index (Phi) is 6.06. The van der Waals surface area contributed by atoms with E-state index in [1.165, 1.54) is 0 Å². The number of carbonyl (C=O) groups is 1. The summed E-state index contributed by atoms with van der Waals surface area (Å²) in [6.45, 7) is 3.81. The van der Waals surface area contributed by atoms with Gasteiger partial charge in [0.25, 0.3) is 5.91 Å². The van der Waals surface area contributed by atoms with Gasteiger partial charge in [-0.15, -0.1) is 0 Å². The smallest absolute Gasteiger partial charge is 0.259 e. The van der Waals surface area contributed by atoms with Gasteiger partial charge in [0.2, 0.25) is 0 Å². The highest BCUT2D eigenvalue weighted by Gasteiger charge is 2.27. The second-order valence-corrected chi connectivity index (χ2v) is 7.86. The summed E-state index contributed by atoms with van der Waals surface area (Å²) in [4.78, 5) is 13.2. The van der Waals surface area contributed by atoms with Crippen molar-refractivity contribution in [3.63, 3.8) is 0 Å². The number of hydrogen-bond acceptors (Lipinski definition) is 4. The van der Waals surface area contributed by atoms with Crippen molar-refractivity contribution in [1.29, 1.82) is 0 Å². The molecule has 3 aromatic rings. The molecule has 0 unspecified atom stereocenters. The molecule has 1 aliphatic heterocycles. The Labute approximate surface area is 181 Å². The summed E-state index contributed by atoms with van der Waals surface area (Å²) in [7, 11) is 1.60. The molecule has 2 N–H and O–H groups in total. The number of carbonyl (C=O) groups excluding carboxylic acids is 1. The lowest BCUT2D eigenvalue weighted by Gasteiger charge is -2.25. The van der Waals surface area contributed by atoms with Crippen LogP contribution in [-0.2, 0) is 0 Å². The van der Waals surface area contributed by atoms with Crippen molar-refractivity contribution in [2.75, 3.05) is 25.5 Å². The van der Waals surface area contributed by atoms with E-state index >= 15 is 0 Å². The summed E-state index contributed by atoms with van der Waals surface area (Å²) in [5.74, 6) is 0.748. The normalized spacial score (nSPS) is 14.5. The number of halogens is 1. The first-order valence-corrected chi connectivity index (χ1v) is 10.5. The van der Waals surface area contributed by atoms with Crippen molar-refractivity contribution in [2.24, 2.45) is 0 Å². The number of anilines is 1. The fourth-order valence-electron chi connectivity index (χ4n) is 3.94. The maximum absolute atomic E-state index is 13.2. The molecule has 2 heterocycles. The Balaban J connectivity index is 1.74. The quantitative estimate of drug-likeness (QED) is 0.629. The zero-order chi connectivity index (χ0) is 21.1. The van der Waals surface area contributed by atoms with Crippen molar-refractivity contribution >= 4 is 23.2 Å². The van der Waals surface area contributed by atoms with Crippen molar-refractivity contribution in [3.05, 3.63) is 70.5 Å². The topological polar surface area (TPSA) is 68.2 Å². The molecular weight excluding hydrogens is 400 g/mol. The number of aromatic nitrogens is 2. The molecule has 1 amide bonds. The van der Waals surface area contributed by atoms with Gasteiger partial charge in [0.05, 0.1) is 30.3 Å². The van der Waals surface area contributed by atoms with Gasteiger partial charge in [-0.2, -0.15) is 5.10 Å². The molecule has 7 heteroatoms. The van der Waals surface area contributed by atoms with Gasteiger partial charge in [0.1, 0.15) is 5.75 Å². The Morgan fingerprint density at radius 2 is 2.00 bits per heavy atom. The number of methoxy groups -OCH3 is 1. The Morgan fingerprint density at radius 3 is 2.77 bits per heavy atom. The maximum Gasteiger partial charge on any atom is 0.259 e. The minimum atomic E-state index is -0.178. The number of nitrogens with one attached hydrogen (secondary N) is 2. The number of hydrogen-bond donors (Lipinski definition) is 2. The SMILES string of the molecule is COc1cccc(NC(=O)c2cnn(-c3cccc(Cl)c3C)c2C2CCNCC2)c1. The number of rotatable bonds is 5. The molecule has 156 valence electrons. The van der Waals surface area contributed by atoms with Gasteiger partial charge >= 0.3 is 0 Å². The lowest BCUT2D eigenvalue weighted by molar-refractivity contribution is 0.102. The van der Waals surface area contributed by atoms with Crippen LogP contribution in [-0.4, -0.2) is 35.9 Å². The summed E-state index contributed by atoms with van der Waals surface area (Å²) >= 11 is 6.36. The molecule has 1 saturated heterocycles. The van der Waals surface area contributed by atoms with Crippen LogP contribution in [0.25, 0.3) is 5.69 Å². The molecule has 0 radical (unpaired) electrons. The van der Waals surface area contributed by atoms with E-state index in [4.69, 9.17) is 16.3 Å². The monoisotopic (exact) mass is 424 g/mol. The predicted molar refractivity (Wildman–Crippen MR) is 119 cm³/mol. The van der Waals surface area contributed by atoms with Crippen LogP contribution in [0.1, 0.15) is 40.4 Å². The molecule has 0 aliphatic carbocycles. The van der Waals surface area contributed by atoms with Crippen LogP contribution < -0.4 is 15.4 Å². The number of amides is 1. The van der Waals surface area contributed by atoms with Crippen molar-refractivity contribution in [3.8, 4) is 11.4 Å². The van der Waals surface area contributed by atoms with Crippen LogP contribution in [0.5, 0.6) is 5.75 Å². The van der Waals surface area contributed by atoms with Gasteiger partial charge in [-0.05, 0) is 62.7 Å². The van der Waals surface area contributed by atoms with E-state index in [0.29, 0.717) is 22.0 Å². The van der Waals surface area contributed by atoms with Crippen LogP contribution in [0.3, 0.4) is 0 Å². The standard InChI is InChI=1S/C23H25ClN4O2/c1-15-20(24)7-4-8-21(15)28-22(16-9-11-25-12-10-16)19(14-26-28)23(29)27-17-5-3-6-18(13-17)30-2/h3-8,13-14,16,25H,9-12H2,1-2H3,(H,27,29). The highest BCUT2D eigenvalue weighted by Crippen LogP contribution is 2.32. The molecule has 0 bridgehead atoms. The van der Waals surface area contributed by atoms with E-state index in [2.05, 4.69) is 15.7 Å². The average Bonchev–Trinajstić information content (AvgIpc) is 3.21. The fourth-order valence-corrected chi connectivity index (χ4v) is 4.11. The van der Waals surface area contributed by atoms with E-state index in [-0.39, 0.29) is 11.8 Å². The van der Waals surface area contributed by atoms with Crippen molar-refractivity contribution in [2.45, 2.75) is 25.7 Å². The van der Waals surface area contributed by atoms with Gasteiger partial charge in [0, 0.05) is 22.7 Å². The highest BCUT2D eigenvalue weighted by atomic mass is 35.5. The summed E-state index contributed by atoms with van der Waals surface area (Å²) in [5.41, 5.74) is 4.04. The zero-order valence-electron chi connectivity index (χ0n) is 17.1. The Bertz CT molecular complexity index is 1060. The van der Waals surface area contributed by atoms with Crippen LogP contribution >= 0.6 is 11.6 Å². The fraction of sp³-hybridized carbons (Fsp3) is 0.304. The van der Waals surface area contributed by atoms with Crippen LogP contribution in [0.2, 0.25) is 5.02 Å². The summed E-state index contributed by atoms with van der Waals surface area (Å²) in [6.07, 6.45) is 3.56. The average molecular weight is 425 g/mol. The Morgan fingerprint density at radius 1 is 1.23 bits per heavy atom. The molecule has 0 atom stereocenters. The predicted octanol–water partition coefficient (Wildman–Crippen LogP) is 4.56. The largest absolute Gasteiger partial charge is 0.497 e. The third-order valence-electron chi connectivity index (χ3n) is 5.57. The molecule has 2 aromatic carbocycles. The Hall–Kier alpha value is -2.83. The summed E-state index contributed by atoms with van der Waals surface area (Å²) in [6, 6.07) is 13.1. The van der Waals surface area contributed by atoms with Gasteiger partial charge in [0.15, 0.2) is 0 Å². The number of piperidine rings is 1. The lowest BCUT2D eigenvalue weighted by Crippen LogP contribution is -2.29. The third kappa shape index (κ3) is 4.06. The van der Waals surface area contributed by atoms with Gasteiger partial charge in [-0.3, -0.25) is 4.79 Å². The van der Waals surface area contributed by atoms with Crippen LogP contribution in [0.15, 0.2) is 48.7 Å². The molecular formula is C23H25ClN4O2. The van der Waals surface area contributed by atoms with Gasteiger partial charge in [-0.25, -0.2) is 4.68 Å². The first-order chi connectivity index (χ1) is 14.6. The molecule has 1 fully saturated rings. The first-order valence-electron chi connectivity index (χ1n) is 10.1. The second-order valence-electron chi connectivity index (χ2n) is 7.45. The minimum Gasteiger partial charge on any atom is -0.497 e. The molecule has 30 heavy (non-hydrogen) atoms. The minimum absolute atomic E-state index is 0.178. The number of ether oxygens (including phenoxy) is 1. The maximum atomic E-state index is 13.2. The molecule has 4 rings (SSSR count). The van der Waals surface area contributed by atoms with Gasteiger partial charge < -0.3 is 15.4 Å². The zero-order valence-corrected chi connectivity index (χ0v) is 17.9. The molecule has 0 saturated carbocycles. The molecule has 0 spiro atoms. The van der Waals surface area contributed by atoms with E-state index in [9.17, 15) is 4.79 Å². The van der Waals surface area contributed by atoms with E-state index in [1.807, 2.05) is 48.0 Å². The van der Waals surface area contributed by atoms with Gasteiger partial charge in [-0.1, -0.05) is 23.7 Å². The number of nitrogens with zero attached hydrogens (tertiary/aromatic N) is 2. The summed E-state index contributed by atoms with van der Waals surface area (Å²) < 4.78 is 7.15. The van der Waals surface area contributed by atoms with E-state index in [1.54, 1.807) is 19.4 Å². The van der Waals surface area contributed by atoms with E-state index < -0.39 is 0 Å². The third-order valence-corrected chi connectivity index (χ3v) is 5.98. The molecule has 1 aromatic heterocycles. The highest BCUT2D eigenvalue weighted by molar-refractivity contribution is 6.31. The van der Waals surface area contributed by atoms with Crippen LogP contribution in [0.4, 0.5) is 5.69 Å². The van der Waals surface area contributed by atoms with Crippen molar-refractivity contribution in [1.82, 2.24) is 15.1 Å². The number of benzene rings is 2. The molecule has 1 aliphatic rings. The van der Waals surface area contributed by atoms with E-state index in [0.717, 1.165) is 42.9 Å². The first kappa shape index (κ1) is 20.4. The second kappa shape index (κ2) is 8.90.